The molecular weight excluding hydrogens is 490 g/mol. The monoisotopic (exact) mass is 527 g/mol. The van der Waals surface area contributed by atoms with Crippen molar-refractivity contribution in [2.45, 2.75) is 82.5 Å². The molecule has 200 valence electrons. The van der Waals surface area contributed by atoms with E-state index in [1.807, 2.05) is 70.2 Å². The van der Waals surface area contributed by atoms with Gasteiger partial charge in [0.2, 0.25) is 5.91 Å². The summed E-state index contributed by atoms with van der Waals surface area (Å²) in [6.07, 6.45) is 0.596. The summed E-state index contributed by atoms with van der Waals surface area (Å²) in [6.45, 7) is 7.77. The van der Waals surface area contributed by atoms with Crippen molar-refractivity contribution in [1.29, 1.82) is 0 Å². The molecule has 0 bridgehead atoms. The van der Waals surface area contributed by atoms with E-state index in [-0.39, 0.29) is 24.8 Å². The summed E-state index contributed by atoms with van der Waals surface area (Å²) in [6, 6.07) is 15.0. The van der Waals surface area contributed by atoms with Crippen LogP contribution in [0.3, 0.4) is 0 Å². The highest BCUT2D eigenvalue weighted by atomic mass is 35.5. The maximum Gasteiger partial charge on any atom is 0.254 e. The molecule has 4 atom stereocenters. The molecule has 1 fully saturated rings. The molecule has 1 aliphatic heterocycles. The van der Waals surface area contributed by atoms with Crippen LogP contribution in [0.1, 0.15) is 62.0 Å². The lowest BCUT2D eigenvalue weighted by Crippen LogP contribution is -2.57. The summed E-state index contributed by atoms with van der Waals surface area (Å²) < 4.78 is 0. The second kappa shape index (κ2) is 12.6. The molecule has 7 nitrogen and oxygen atoms in total. The molecule has 0 aromatic heterocycles. The maximum absolute atomic E-state index is 13.6. The lowest BCUT2D eigenvalue weighted by Gasteiger charge is -2.32. The fourth-order valence-corrected chi connectivity index (χ4v) is 4.97. The lowest BCUT2D eigenvalue weighted by atomic mass is 9.98. The molecule has 0 saturated carbocycles. The maximum atomic E-state index is 13.6. The van der Waals surface area contributed by atoms with Gasteiger partial charge in [-0.3, -0.25) is 14.4 Å². The molecule has 1 aliphatic rings. The molecule has 3 amide bonds. The molecular formula is C29H38ClN3O4. The Kier molecular flexibility index (Phi) is 9.74. The Labute approximate surface area is 224 Å². The van der Waals surface area contributed by atoms with Crippen molar-refractivity contribution in [3.05, 3.63) is 71.3 Å². The number of carbonyl (C=O) groups excluding carboxylic acids is 3. The molecule has 0 spiro atoms. The largest absolute Gasteiger partial charge is 0.381 e. The van der Waals surface area contributed by atoms with Crippen LogP contribution in [-0.4, -0.2) is 63.4 Å². The molecule has 3 rings (SSSR count). The van der Waals surface area contributed by atoms with Gasteiger partial charge in [-0.1, -0.05) is 61.9 Å². The van der Waals surface area contributed by atoms with Crippen LogP contribution in [0.5, 0.6) is 0 Å². The van der Waals surface area contributed by atoms with Crippen LogP contribution in [0.15, 0.2) is 54.6 Å². The van der Waals surface area contributed by atoms with Gasteiger partial charge in [-0.05, 0) is 57.2 Å². The number of aliphatic hydroxyl groups is 1. The predicted octanol–water partition coefficient (Wildman–Crippen LogP) is 3.46. The van der Waals surface area contributed by atoms with Gasteiger partial charge in [-0.25, -0.2) is 0 Å². The minimum Gasteiger partial charge on any atom is -0.381 e. The van der Waals surface area contributed by atoms with Crippen molar-refractivity contribution >= 4 is 29.3 Å². The average molecular weight is 528 g/mol. The normalized spacial score (nSPS) is 19.2. The van der Waals surface area contributed by atoms with Crippen LogP contribution in [0, 0.1) is 0 Å². The number of hydrogen-bond acceptors (Lipinski definition) is 4. The highest BCUT2D eigenvalue weighted by Gasteiger charge is 2.43. The first-order valence-corrected chi connectivity index (χ1v) is 13.3. The SMILES string of the molecule is CCCc1ccccc1C(=O)N[C@@H](Cc1ccccc1)[C@H](O)C(=O)N1C[C@@H](Cl)C[C@H]1C(=O)NC(C)(C)C. The third-order valence-electron chi connectivity index (χ3n) is 6.36. The van der Waals surface area contributed by atoms with Crippen LogP contribution in [0.25, 0.3) is 0 Å². The second-order valence-electron chi connectivity index (χ2n) is 10.7. The zero-order chi connectivity index (χ0) is 27.2. The van der Waals surface area contributed by atoms with Crippen molar-refractivity contribution in [2.24, 2.45) is 0 Å². The van der Waals surface area contributed by atoms with E-state index in [1.165, 1.54) is 4.90 Å². The number of carbonyl (C=O) groups is 3. The highest BCUT2D eigenvalue weighted by Crippen LogP contribution is 2.25. The Morgan fingerprint density at radius 2 is 1.73 bits per heavy atom. The van der Waals surface area contributed by atoms with E-state index in [0.29, 0.717) is 12.0 Å². The summed E-state index contributed by atoms with van der Waals surface area (Å²) in [4.78, 5) is 41.2. The topological polar surface area (TPSA) is 98.7 Å². The Morgan fingerprint density at radius 1 is 1.08 bits per heavy atom. The van der Waals surface area contributed by atoms with Crippen molar-refractivity contribution in [1.82, 2.24) is 15.5 Å². The van der Waals surface area contributed by atoms with Gasteiger partial charge in [0.15, 0.2) is 6.10 Å². The fraction of sp³-hybridized carbons (Fsp3) is 0.483. The Morgan fingerprint density at radius 3 is 2.38 bits per heavy atom. The molecule has 2 aromatic carbocycles. The number of amides is 3. The van der Waals surface area contributed by atoms with E-state index in [0.717, 1.165) is 24.0 Å². The molecule has 1 saturated heterocycles. The first-order valence-electron chi connectivity index (χ1n) is 12.9. The van der Waals surface area contributed by atoms with Crippen LogP contribution in [0.4, 0.5) is 0 Å². The molecule has 37 heavy (non-hydrogen) atoms. The first kappa shape index (κ1) is 28.7. The van der Waals surface area contributed by atoms with Crippen LogP contribution in [-0.2, 0) is 22.4 Å². The number of hydrogen-bond donors (Lipinski definition) is 3. The number of benzene rings is 2. The van der Waals surface area contributed by atoms with Crippen molar-refractivity contribution in [2.75, 3.05) is 6.54 Å². The zero-order valence-electron chi connectivity index (χ0n) is 22.0. The smallest absolute Gasteiger partial charge is 0.254 e. The Hall–Kier alpha value is -2.90. The van der Waals surface area contributed by atoms with E-state index in [2.05, 4.69) is 10.6 Å². The summed E-state index contributed by atoms with van der Waals surface area (Å²) in [5.41, 5.74) is 1.81. The molecule has 8 heteroatoms. The number of nitrogens with one attached hydrogen (secondary N) is 2. The summed E-state index contributed by atoms with van der Waals surface area (Å²) >= 11 is 6.36. The molecule has 0 aliphatic carbocycles. The lowest BCUT2D eigenvalue weighted by molar-refractivity contribution is -0.146. The standard InChI is InChI=1S/C29H38ClN3O4/c1-5-11-20-14-9-10-15-22(20)26(35)31-23(16-19-12-7-6-8-13-19)25(34)28(37)33-18-21(30)17-24(33)27(36)32-29(2,3)4/h6-10,12-15,21,23-25,34H,5,11,16-18H2,1-4H3,(H,31,35)(H,32,36)/t21-,23-,24-,25-/m0/s1. The number of alkyl halides is 1. The number of likely N-dealkylation sites (tertiary alicyclic amines) is 1. The van der Waals surface area contributed by atoms with Gasteiger partial charge in [0, 0.05) is 17.6 Å². The zero-order valence-corrected chi connectivity index (χ0v) is 22.8. The van der Waals surface area contributed by atoms with Gasteiger partial charge in [0.05, 0.1) is 11.4 Å². The number of rotatable bonds is 9. The van der Waals surface area contributed by atoms with E-state index in [9.17, 15) is 19.5 Å². The molecule has 2 aromatic rings. The third kappa shape index (κ3) is 7.79. The quantitative estimate of drug-likeness (QED) is 0.435. The highest BCUT2D eigenvalue weighted by molar-refractivity contribution is 6.21. The Bertz CT molecular complexity index is 1090. The predicted molar refractivity (Wildman–Crippen MR) is 145 cm³/mol. The van der Waals surface area contributed by atoms with Gasteiger partial charge >= 0.3 is 0 Å². The van der Waals surface area contributed by atoms with Gasteiger partial charge in [0.1, 0.15) is 6.04 Å². The molecule has 0 unspecified atom stereocenters. The number of aliphatic hydroxyl groups excluding tert-OH is 1. The molecule has 3 N–H and O–H groups in total. The van der Waals surface area contributed by atoms with Gasteiger partial charge < -0.3 is 20.6 Å². The number of aryl methyl sites for hydroxylation is 1. The van der Waals surface area contributed by atoms with Crippen molar-refractivity contribution in [3.63, 3.8) is 0 Å². The minimum absolute atomic E-state index is 0.144. The van der Waals surface area contributed by atoms with E-state index < -0.39 is 35.0 Å². The fourth-order valence-electron chi connectivity index (χ4n) is 4.66. The van der Waals surface area contributed by atoms with Crippen molar-refractivity contribution < 1.29 is 19.5 Å². The molecule has 1 heterocycles. The van der Waals surface area contributed by atoms with Crippen LogP contribution in [0.2, 0.25) is 0 Å². The summed E-state index contributed by atoms with van der Waals surface area (Å²) in [5.74, 6) is -1.29. The third-order valence-corrected chi connectivity index (χ3v) is 6.68. The van der Waals surface area contributed by atoms with Gasteiger partial charge in [-0.2, -0.15) is 0 Å². The number of nitrogens with zero attached hydrogens (tertiary/aromatic N) is 1. The summed E-state index contributed by atoms with van der Waals surface area (Å²) in [7, 11) is 0. The van der Waals surface area contributed by atoms with Gasteiger partial charge in [0.25, 0.3) is 11.8 Å². The first-order chi connectivity index (χ1) is 17.5. The van der Waals surface area contributed by atoms with Gasteiger partial charge in [-0.15, -0.1) is 11.6 Å². The van der Waals surface area contributed by atoms with E-state index in [4.69, 9.17) is 11.6 Å². The Balaban J connectivity index is 1.86. The van der Waals surface area contributed by atoms with Crippen LogP contribution < -0.4 is 10.6 Å². The second-order valence-corrected chi connectivity index (χ2v) is 11.3. The molecule has 0 radical (unpaired) electrons. The summed E-state index contributed by atoms with van der Waals surface area (Å²) in [5, 5.41) is 16.7. The van der Waals surface area contributed by atoms with Crippen LogP contribution >= 0.6 is 11.6 Å². The average Bonchev–Trinajstić information content (AvgIpc) is 3.24. The van der Waals surface area contributed by atoms with E-state index in [1.54, 1.807) is 12.1 Å². The number of halogens is 1. The van der Waals surface area contributed by atoms with E-state index >= 15 is 0 Å². The minimum atomic E-state index is -1.56. The van der Waals surface area contributed by atoms with Crippen molar-refractivity contribution in [3.8, 4) is 0 Å².